The largest absolute Gasteiger partial charge is 0.351 e. The summed E-state index contributed by atoms with van der Waals surface area (Å²) in [6.45, 7) is 2.34. The van der Waals surface area contributed by atoms with Gasteiger partial charge >= 0.3 is 0 Å². The minimum Gasteiger partial charge on any atom is -0.351 e. The molecular weight excluding hydrogens is 387 g/mol. The summed E-state index contributed by atoms with van der Waals surface area (Å²) in [6, 6.07) is 13.2. The summed E-state index contributed by atoms with van der Waals surface area (Å²) in [4.78, 5) is 30.4. The molecule has 2 aromatic carbocycles. The van der Waals surface area contributed by atoms with E-state index in [0.717, 1.165) is 11.1 Å². The molecule has 2 amide bonds. The summed E-state index contributed by atoms with van der Waals surface area (Å²) in [7, 11) is 0. The number of hydrogen-bond acceptors (Lipinski definition) is 5. The van der Waals surface area contributed by atoms with Gasteiger partial charge in [0.2, 0.25) is 23.5 Å². The highest BCUT2D eigenvalue weighted by atomic mass is 19.1. The van der Waals surface area contributed by atoms with E-state index < -0.39 is 0 Å². The zero-order chi connectivity index (χ0) is 21.1. The van der Waals surface area contributed by atoms with Crippen LogP contribution in [0.15, 0.2) is 53.1 Å². The van der Waals surface area contributed by atoms with E-state index in [9.17, 15) is 14.0 Å². The summed E-state index contributed by atoms with van der Waals surface area (Å²) < 4.78 is 18.3. The van der Waals surface area contributed by atoms with Gasteiger partial charge in [0, 0.05) is 37.1 Å². The van der Waals surface area contributed by atoms with E-state index in [0.29, 0.717) is 30.4 Å². The number of aromatic nitrogens is 2. The van der Waals surface area contributed by atoms with Gasteiger partial charge in [0.1, 0.15) is 5.82 Å². The highest BCUT2D eigenvalue weighted by Crippen LogP contribution is 2.22. The van der Waals surface area contributed by atoms with E-state index in [-0.39, 0.29) is 36.5 Å². The Balaban J connectivity index is 1.29. The number of carbonyl (C=O) groups excluding carboxylic acids is 2. The first-order valence-electron chi connectivity index (χ1n) is 9.73. The van der Waals surface area contributed by atoms with Crippen molar-refractivity contribution in [2.45, 2.75) is 32.2 Å². The van der Waals surface area contributed by atoms with E-state index in [4.69, 9.17) is 4.52 Å². The molecule has 2 heterocycles. The highest BCUT2D eigenvalue weighted by Gasteiger charge is 2.31. The minimum absolute atomic E-state index is 0.105. The van der Waals surface area contributed by atoms with Crippen LogP contribution in [0.5, 0.6) is 0 Å². The van der Waals surface area contributed by atoms with Crippen LogP contribution in [0.3, 0.4) is 0 Å². The Hall–Kier alpha value is -3.55. The molecule has 1 N–H and O–H groups in total. The van der Waals surface area contributed by atoms with E-state index in [1.54, 1.807) is 17.0 Å². The molecule has 4 rings (SSSR count). The Morgan fingerprint density at radius 1 is 1.27 bits per heavy atom. The third-order valence-corrected chi connectivity index (χ3v) is 4.94. The molecule has 0 saturated carbocycles. The topological polar surface area (TPSA) is 88.3 Å². The van der Waals surface area contributed by atoms with Crippen LogP contribution in [0.4, 0.5) is 10.1 Å². The molecule has 1 saturated heterocycles. The van der Waals surface area contributed by atoms with Crippen molar-refractivity contribution in [2.24, 2.45) is 0 Å². The van der Waals surface area contributed by atoms with Gasteiger partial charge in [-0.15, -0.1) is 0 Å². The number of anilines is 1. The fraction of sp³-hybridized carbons (Fsp3) is 0.273. The Morgan fingerprint density at radius 2 is 2.07 bits per heavy atom. The van der Waals surface area contributed by atoms with Gasteiger partial charge < -0.3 is 14.7 Å². The zero-order valence-corrected chi connectivity index (χ0v) is 16.5. The first kappa shape index (κ1) is 19.8. The molecule has 0 radical (unpaired) electrons. The summed E-state index contributed by atoms with van der Waals surface area (Å²) in [5, 5.41) is 6.84. The normalized spacial score (nSPS) is 16.1. The van der Waals surface area contributed by atoms with Crippen molar-refractivity contribution in [3.63, 3.8) is 0 Å². The molecule has 1 atom stereocenters. The van der Waals surface area contributed by atoms with Crippen LogP contribution in [0.25, 0.3) is 11.4 Å². The molecule has 30 heavy (non-hydrogen) atoms. The molecule has 0 aliphatic carbocycles. The Bertz CT molecular complexity index is 1060. The molecule has 0 spiro atoms. The second-order valence-electron chi connectivity index (χ2n) is 7.33. The molecular formula is C22H21FN4O3. The SMILES string of the molecule is Cc1cccc(-c2noc(CCC(=O)NC3CC(=O)N(c4ccc(F)cc4)C3)n2)c1. The molecule has 1 aromatic heterocycles. The van der Waals surface area contributed by atoms with Crippen molar-refractivity contribution >= 4 is 17.5 Å². The fourth-order valence-corrected chi connectivity index (χ4v) is 3.45. The number of carbonyl (C=O) groups is 2. The average molecular weight is 408 g/mol. The quantitative estimate of drug-likeness (QED) is 0.677. The van der Waals surface area contributed by atoms with E-state index in [1.807, 2.05) is 31.2 Å². The van der Waals surface area contributed by atoms with E-state index >= 15 is 0 Å². The second kappa shape index (κ2) is 8.44. The number of halogens is 1. The van der Waals surface area contributed by atoms with Gasteiger partial charge in [-0.1, -0.05) is 28.9 Å². The van der Waals surface area contributed by atoms with Gasteiger partial charge in [-0.25, -0.2) is 4.39 Å². The predicted molar refractivity (Wildman–Crippen MR) is 108 cm³/mol. The second-order valence-corrected chi connectivity index (χ2v) is 7.33. The maximum absolute atomic E-state index is 13.1. The third-order valence-electron chi connectivity index (χ3n) is 4.94. The van der Waals surface area contributed by atoms with Crippen LogP contribution in [-0.2, 0) is 16.0 Å². The molecule has 8 heteroatoms. The molecule has 1 unspecified atom stereocenters. The van der Waals surface area contributed by atoms with E-state index in [1.165, 1.54) is 12.1 Å². The lowest BCUT2D eigenvalue weighted by atomic mass is 10.1. The molecule has 7 nitrogen and oxygen atoms in total. The number of aryl methyl sites for hydroxylation is 2. The first-order valence-corrected chi connectivity index (χ1v) is 9.73. The van der Waals surface area contributed by atoms with Crippen LogP contribution < -0.4 is 10.2 Å². The van der Waals surface area contributed by atoms with Gasteiger partial charge in [-0.05, 0) is 37.3 Å². The Morgan fingerprint density at radius 3 is 2.83 bits per heavy atom. The molecule has 154 valence electrons. The fourth-order valence-electron chi connectivity index (χ4n) is 3.45. The van der Waals surface area contributed by atoms with Crippen molar-refractivity contribution < 1.29 is 18.5 Å². The summed E-state index contributed by atoms with van der Waals surface area (Å²) in [5.41, 5.74) is 2.58. The van der Waals surface area contributed by atoms with Crippen molar-refractivity contribution in [3.05, 3.63) is 65.8 Å². The van der Waals surface area contributed by atoms with Crippen LogP contribution in [-0.4, -0.2) is 34.5 Å². The summed E-state index contributed by atoms with van der Waals surface area (Å²) in [6.07, 6.45) is 0.699. The predicted octanol–water partition coefficient (Wildman–Crippen LogP) is 3.04. The van der Waals surface area contributed by atoms with E-state index in [2.05, 4.69) is 15.5 Å². The molecule has 1 fully saturated rings. The van der Waals surface area contributed by atoms with Gasteiger partial charge in [-0.3, -0.25) is 9.59 Å². The standard InChI is InChI=1S/C22H21FN4O3/c1-14-3-2-4-15(11-14)22-25-20(30-26-22)10-9-19(28)24-17-12-21(29)27(13-17)18-7-5-16(23)6-8-18/h2-8,11,17H,9-10,12-13H2,1H3,(H,24,28). The molecule has 3 aromatic rings. The van der Waals surface area contributed by atoms with Crippen LogP contribution in [0, 0.1) is 12.7 Å². The lowest BCUT2D eigenvalue weighted by molar-refractivity contribution is -0.121. The van der Waals surface area contributed by atoms with Gasteiger partial charge in [0.05, 0.1) is 6.04 Å². The van der Waals surface area contributed by atoms with Crippen molar-refractivity contribution in [2.75, 3.05) is 11.4 Å². The first-order chi connectivity index (χ1) is 14.5. The van der Waals surface area contributed by atoms with Crippen LogP contribution in [0.2, 0.25) is 0 Å². The summed E-state index contributed by atoms with van der Waals surface area (Å²) in [5.74, 6) is 0.222. The smallest absolute Gasteiger partial charge is 0.229 e. The zero-order valence-electron chi connectivity index (χ0n) is 16.5. The van der Waals surface area contributed by atoms with Crippen LogP contribution in [0.1, 0.15) is 24.3 Å². The Labute approximate surface area is 172 Å². The molecule has 1 aliphatic rings. The van der Waals surface area contributed by atoms with Gasteiger partial charge in [0.15, 0.2) is 0 Å². The monoisotopic (exact) mass is 408 g/mol. The molecule has 0 bridgehead atoms. The number of benzene rings is 2. The lowest BCUT2D eigenvalue weighted by Gasteiger charge is -2.17. The maximum Gasteiger partial charge on any atom is 0.229 e. The van der Waals surface area contributed by atoms with Crippen LogP contribution >= 0.6 is 0 Å². The number of rotatable bonds is 6. The highest BCUT2D eigenvalue weighted by molar-refractivity contribution is 5.96. The number of hydrogen-bond donors (Lipinski definition) is 1. The minimum atomic E-state index is -0.359. The van der Waals surface area contributed by atoms with Crippen molar-refractivity contribution in [1.82, 2.24) is 15.5 Å². The number of nitrogens with zero attached hydrogens (tertiary/aromatic N) is 3. The van der Waals surface area contributed by atoms with Crippen molar-refractivity contribution in [1.29, 1.82) is 0 Å². The molecule has 1 aliphatic heterocycles. The maximum atomic E-state index is 13.1. The third kappa shape index (κ3) is 4.53. The lowest BCUT2D eigenvalue weighted by Crippen LogP contribution is -2.37. The van der Waals surface area contributed by atoms with Gasteiger partial charge in [-0.2, -0.15) is 4.98 Å². The average Bonchev–Trinajstić information content (AvgIpc) is 3.34. The van der Waals surface area contributed by atoms with Crippen molar-refractivity contribution in [3.8, 4) is 11.4 Å². The number of amides is 2. The van der Waals surface area contributed by atoms with Gasteiger partial charge in [0.25, 0.3) is 0 Å². The summed E-state index contributed by atoms with van der Waals surface area (Å²) >= 11 is 0. The number of nitrogens with one attached hydrogen (secondary N) is 1. The Kier molecular flexibility index (Phi) is 5.56.